The number of aromatic nitrogens is 4. The zero-order valence-electron chi connectivity index (χ0n) is 11.6. The van der Waals surface area contributed by atoms with E-state index in [0.717, 1.165) is 28.2 Å². The van der Waals surface area contributed by atoms with Gasteiger partial charge >= 0.3 is 0 Å². The van der Waals surface area contributed by atoms with Crippen molar-refractivity contribution in [2.24, 2.45) is 7.05 Å². The molecule has 0 saturated carbocycles. The fourth-order valence-corrected chi connectivity index (χ4v) is 2.88. The van der Waals surface area contributed by atoms with Crippen LogP contribution >= 0.6 is 23.2 Å². The van der Waals surface area contributed by atoms with Crippen LogP contribution in [0.4, 0.5) is 4.39 Å². The maximum absolute atomic E-state index is 13.3. The summed E-state index contributed by atoms with van der Waals surface area (Å²) in [5, 5.41) is 4.47. The molecule has 2 heterocycles. The number of alkyl halides is 1. The van der Waals surface area contributed by atoms with Gasteiger partial charge in [0.15, 0.2) is 5.65 Å². The number of nitrogens with zero attached hydrogens (tertiary/aromatic N) is 4. The molecule has 3 aromatic rings. The molecule has 0 unspecified atom stereocenters. The van der Waals surface area contributed by atoms with E-state index in [2.05, 4.69) is 10.1 Å². The molecule has 1 aromatic carbocycles. The Bertz CT molecular complexity index is 822. The summed E-state index contributed by atoms with van der Waals surface area (Å²) in [5.41, 5.74) is 3.46. The largest absolute Gasteiger partial charge is 0.307 e. The molecule has 0 fully saturated rings. The highest BCUT2D eigenvalue weighted by molar-refractivity contribution is 6.30. The number of imidazole rings is 1. The van der Waals surface area contributed by atoms with Crippen molar-refractivity contribution >= 4 is 34.4 Å². The minimum absolute atomic E-state index is 0.109. The molecule has 0 spiro atoms. The number of fused-ring (bicyclic) bond motifs is 1. The van der Waals surface area contributed by atoms with Crippen molar-refractivity contribution in [2.45, 2.75) is 19.3 Å². The van der Waals surface area contributed by atoms with Crippen LogP contribution in [0.25, 0.3) is 11.2 Å². The van der Waals surface area contributed by atoms with Crippen molar-refractivity contribution in [2.75, 3.05) is 0 Å². The van der Waals surface area contributed by atoms with Crippen LogP contribution in [0.15, 0.2) is 18.2 Å². The van der Waals surface area contributed by atoms with Crippen molar-refractivity contribution in [3.05, 3.63) is 46.1 Å². The predicted octanol–water partition coefficient (Wildman–Crippen LogP) is 3.66. The van der Waals surface area contributed by atoms with E-state index in [9.17, 15) is 4.39 Å². The summed E-state index contributed by atoms with van der Waals surface area (Å²) in [6, 6.07) is 4.68. The number of aryl methyl sites for hydroxylation is 2. The Morgan fingerprint density at radius 1 is 1.33 bits per heavy atom. The molecule has 3 rings (SSSR count). The molecule has 4 nitrogen and oxygen atoms in total. The van der Waals surface area contributed by atoms with Crippen molar-refractivity contribution in [1.82, 2.24) is 19.3 Å². The van der Waals surface area contributed by atoms with E-state index in [1.54, 1.807) is 16.8 Å². The molecule has 0 bridgehead atoms. The predicted molar refractivity (Wildman–Crippen MR) is 81.3 cm³/mol. The monoisotopic (exact) mass is 326 g/mol. The summed E-state index contributed by atoms with van der Waals surface area (Å²) in [6.45, 7) is 2.42. The number of halogens is 3. The van der Waals surface area contributed by atoms with Crippen LogP contribution in [0, 0.1) is 12.7 Å². The quantitative estimate of drug-likeness (QED) is 0.688. The molecule has 110 valence electrons. The van der Waals surface area contributed by atoms with Gasteiger partial charge in [0.25, 0.3) is 0 Å². The smallest absolute Gasteiger partial charge is 0.159 e. The Balaban J connectivity index is 2.12. The molecule has 0 aliphatic rings. The van der Waals surface area contributed by atoms with Crippen LogP contribution in [0.1, 0.15) is 17.1 Å². The molecule has 0 N–H and O–H groups in total. The fraction of sp³-hybridized carbons (Fsp3) is 0.286. The number of hydrogen-bond acceptors (Lipinski definition) is 2. The number of rotatable bonds is 3. The highest BCUT2D eigenvalue weighted by Crippen LogP contribution is 2.23. The molecule has 21 heavy (non-hydrogen) atoms. The average Bonchev–Trinajstić information content (AvgIpc) is 2.93. The highest BCUT2D eigenvalue weighted by atomic mass is 35.5. The number of hydrogen-bond donors (Lipinski definition) is 0. The molecule has 0 amide bonds. The van der Waals surface area contributed by atoms with E-state index in [-0.39, 0.29) is 5.02 Å². The summed E-state index contributed by atoms with van der Waals surface area (Å²) in [6.07, 6.45) is 0. The van der Waals surface area contributed by atoms with Crippen LogP contribution in [0.2, 0.25) is 5.02 Å². The molecular formula is C14H13Cl2FN4. The van der Waals surface area contributed by atoms with Crippen LogP contribution in [0.3, 0.4) is 0 Å². The maximum atomic E-state index is 13.3. The lowest BCUT2D eigenvalue weighted by Crippen LogP contribution is -2.07. The highest BCUT2D eigenvalue weighted by Gasteiger charge is 2.17. The molecule has 0 aliphatic carbocycles. The standard InChI is InChI=1S/C14H13Cl2FN4/c1-8-13-14(20(2)19-8)21(12(6-15)18-13)7-9-3-4-11(17)10(16)5-9/h3-5H,6-7H2,1-2H3. The summed E-state index contributed by atoms with van der Waals surface area (Å²) in [7, 11) is 1.86. The van der Waals surface area contributed by atoms with Crippen molar-refractivity contribution in [1.29, 1.82) is 0 Å². The Morgan fingerprint density at radius 2 is 2.10 bits per heavy atom. The second kappa shape index (κ2) is 5.31. The summed E-state index contributed by atoms with van der Waals surface area (Å²) in [4.78, 5) is 4.53. The summed E-state index contributed by atoms with van der Waals surface area (Å²) >= 11 is 11.8. The first kappa shape index (κ1) is 14.4. The van der Waals surface area contributed by atoms with Crippen molar-refractivity contribution in [3.8, 4) is 0 Å². The molecular weight excluding hydrogens is 314 g/mol. The molecule has 7 heteroatoms. The fourth-order valence-electron chi connectivity index (χ4n) is 2.47. The Morgan fingerprint density at radius 3 is 2.76 bits per heavy atom. The van der Waals surface area contributed by atoms with Gasteiger partial charge in [0.05, 0.1) is 23.1 Å². The van der Waals surface area contributed by atoms with Gasteiger partial charge in [-0.15, -0.1) is 11.6 Å². The molecule has 0 aliphatic heterocycles. The van der Waals surface area contributed by atoms with Crippen molar-refractivity contribution < 1.29 is 4.39 Å². The van der Waals surface area contributed by atoms with E-state index in [1.165, 1.54) is 6.07 Å². The Hall–Kier alpha value is -1.59. The van der Waals surface area contributed by atoms with Gasteiger partial charge in [0.2, 0.25) is 0 Å². The van der Waals surface area contributed by atoms with Gasteiger partial charge in [0, 0.05) is 7.05 Å². The van der Waals surface area contributed by atoms with Gasteiger partial charge in [-0.2, -0.15) is 5.10 Å². The van der Waals surface area contributed by atoms with E-state index in [1.807, 2.05) is 18.5 Å². The van der Waals surface area contributed by atoms with E-state index in [4.69, 9.17) is 23.2 Å². The first-order chi connectivity index (χ1) is 10.0. The lowest BCUT2D eigenvalue weighted by molar-refractivity contribution is 0.626. The first-order valence-corrected chi connectivity index (χ1v) is 7.31. The molecule has 0 atom stereocenters. The summed E-state index contributed by atoms with van der Waals surface area (Å²) in [5.74, 6) is 0.622. The summed E-state index contributed by atoms with van der Waals surface area (Å²) < 4.78 is 17.0. The lowest BCUT2D eigenvalue weighted by Gasteiger charge is -2.09. The molecule has 0 saturated heterocycles. The minimum atomic E-state index is -0.426. The first-order valence-electron chi connectivity index (χ1n) is 6.40. The molecule has 0 radical (unpaired) electrons. The van der Waals surface area contributed by atoms with Gasteiger partial charge < -0.3 is 4.57 Å². The van der Waals surface area contributed by atoms with E-state index in [0.29, 0.717) is 12.4 Å². The van der Waals surface area contributed by atoms with Gasteiger partial charge in [-0.1, -0.05) is 17.7 Å². The Kier molecular flexibility index (Phi) is 3.63. The van der Waals surface area contributed by atoms with Crippen molar-refractivity contribution in [3.63, 3.8) is 0 Å². The zero-order chi connectivity index (χ0) is 15.1. The SMILES string of the molecule is Cc1nn(C)c2c1nc(CCl)n2Cc1ccc(F)c(Cl)c1. The van der Waals surface area contributed by atoms with Gasteiger partial charge in [-0.25, -0.2) is 9.37 Å². The van der Waals surface area contributed by atoms with E-state index >= 15 is 0 Å². The average molecular weight is 327 g/mol. The molecule has 2 aromatic heterocycles. The van der Waals surface area contributed by atoms with Gasteiger partial charge in [0.1, 0.15) is 17.2 Å². The zero-order valence-corrected chi connectivity index (χ0v) is 13.1. The van der Waals surface area contributed by atoms with Gasteiger partial charge in [-0.3, -0.25) is 4.68 Å². The lowest BCUT2D eigenvalue weighted by atomic mass is 10.2. The second-order valence-electron chi connectivity index (χ2n) is 4.88. The van der Waals surface area contributed by atoms with Crippen LogP contribution < -0.4 is 0 Å². The minimum Gasteiger partial charge on any atom is -0.307 e. The third-order valence-electron chi connectivity index (χ3n) is 3.41. The second-order valence-corrected chi connectivity index (χ2v) is 5.55. The van der Waals surface area contributed by atoms with Crippen LogP contribution in [0.5, 0.6) is 0 Å². The Labute approximate surface area is 131 Å². The van der Waals surface area contributed by atoms with Crippen LogP contribution in [-0.4, -0.2) is 19.3 Å². The third kappa shape index (κ3) is 2.40. The normalized spacial score (nSPS) is 11.5. The third-order valence-corrected chi connectivity index (χ3v) is 3.94. The number of benzene rings is 1. The van der Waals surface area contributed by atoms with Crippen LogP contribution in [-0.2, 0) is 19.5 Å². The van der Waals surface area contributed by atoms with E-state index < -0.39 is 5.82 Å². The van der Waals surface area contributed by atoms with Gasteiger partial charge in [-0.05, 0) is 24.6 Å². The topological polar surface area (TPSA) is 35.6 Å². The maximum Gasteiger partial charge on any atom is 0.159 e.